The quantitative estimate of drug-likeness (QED) is 0.765. The van der Waals surface area contributed by atoms with E-state index in [9.17, 15) is 4.79 Å². The second kappa shape index (κ2) is 4.60. The molecule has 0 bridgehead atoms. The highest BCUT2D eigenvalue weighted by molar-refractivity contribution is 5.68. The minimum Gasteiger partial charge on any atom is -0.481 e. The molecule has 1 unspecified atom stereocenters. The van der Waals surface area contributed by atoms with Gasteiger partial charge in [-0.1, -0.05) is 0 Å². The number of rotatable bonds is 4. The van der Waals surface area contributed by atoms with Gasteiger partial charge in [0.2, 0.25) is 0 Å². The van der Waals surface area contributed by atoms with Crippen LogP contribution in [0.5, 0.6) is 0 Å². The molecular weight excluding hydrogens is 180 g/mol. The molecule has 1 aromatic heterocycles. The number of carbonyl (C=O) groups is 1. The normalized spacial score (nSPS) is 12.1. The van der Waals surface area contributed by atoms with Crippen molar-refractivity contribution in [3.63, 3.8) is 0 Å². The van der Waals surface area contributed by atoms with Crippen molar-refractivity contribution in [3.05, 3.63) is 24.0 Å². The summed E-state index contributed by atoms with van der Waals surface area (Å²) >= 11 is 0. The Kier molecular flexibility index (Phi) is 3.45. The van der Waals surface area contributed by atoms with E-state index in [-0.39, 0.29) is 12.5 Å². The highest BCUT2D eigenvalue weighted by Crippen LogP contribution is 2.09. The molecule has 0 aliphatic rings. The Balaban J connectivity index is 2.55. The van der Waals surface area contributed by atoms with Gasteiger partial charge in [0.05, 0.1) is 6.42 Å². The molecule has 76 valence electrons. The Hall–Kier alpha value is -1.58. The maximum Gasteiger partial charge on any atom is 0.305 e. The lowest BCUT2D eigenvalue weighted by molar-refractivity contribution is -0.137. The van der Waals surface area contributed by atoms with E-state index in [4.69, 9.17) is 5.11 Å². The Labute approximate surface area is 83.0 Å². The molecule has 0 radical (unpaired) electrons. The third-order valence-corrected chi connectivity index (χ3v) is 1.79. The summed E-state index contributed by atoms with van der Waals surface area (Å²) in [6.45, 7) is 3.73. The molecule has 14 heavy (non-hydrogen) atoms. The average Bonchev–Trinajstić information content (AvgIpc) is 2.01. The lowest BCUT2D eigenvalue weighted by Gasteiger charge is -2.12. The van der Waals surface area contributed by atoms with Crippen LogP contribution < -0.4 is 5.32 Å². The fourth-order valence-electron chi connectivity index (χ4n) is 1.23. The van der Waals surface area contributed by atoms with Crippen molar-refractivity contribution >= 4 is 11.7 Å². The van der Waals surface area contributed by atoms with Crippen LogP contribution in [0.2, 0.25) is 0 Å². The first-order valence-corrected chi connectivity index (χ1v) is 4.49. The highest BCUT2D eigenvalue weighted by Gasteiger charge is 2.06. The minimum atomic E-state index is -0.796. The summed E-state index contributed by atoms with van der Waals surface area (Å²) in [6, 6.07) is 3.64. The van der Waals surface area contributed by atoms with Gasteiger partial charge in [-0.2, -0.15) is 0 Å². The number of aliphatic carboxylic acids is 1. The number of carboxylic acids is 1. The van der Waals surface area contributed by atoms with E-state index in [0.29, 0.717) is 0 Å². The molecule has 0 aromatic carbocycles. The number of aryl methyl sites for hydroxylation is 1. The number of hydrogen-bond acceptors (Lipinski definition) is 3. The summed E-state index contributed by atoms with van der Waals surface area (Å²) in [5, 5.41) is 11.7. The SMILES string of the molecule is Cc1cc(NC(C)CC(=O)O)ccn1. The molecule has 0 fully saturated rings. The number of hydrogen-bond donors (Lipinski definition) is 2. The largest absolute Gasteiger partial charge is 0.481 e. The van der Waals surface area contributed by atoms with Crippen molar-refractivity contribution in [1.29, 1.82) is 0 Å². The van der Waals surface area contributed by atoms with Crippen LogP contribution in [0.15, 0.2) is 18.3 Å². The smallest absolute Gasteiger partial charge is 0.305 e. The third-order valence-electron chi connectivity index (χ3n) is 1.79. The Morgan fingerprint density at radius 2 is 2.43 bits per heavy atom. The lowest BCUT2D eigenvalue weighted by atomic mass is 10.2. The molecule has 0 aliphatic carbocycles. The van der Waals surface area contributed by atoms with E-state index in [0.717, 1.165) is 11.4 Å². The maximum absolute atomic E-state index is 10.4. The van der Waals surface area contributed by atoms with Gasteiger partial charge in [-0.15, -0.1) is 0 Å². The van der Waals surface area contributed by atoms with Crippen LogP contribution >= 0.6 is 0 Å². The summed E-state index contributed by atoms with van der Waals surface area (Å²) in [7, 11) is 0. The van der Waals surface area contributed by atoms with E-state index in [1.807, 2.05) is 26.0 Å². The van der Waals surface area contributed by atoms with Crippen LogP contribution in [0.4, 0.5) is 5.69 Å². The molecule has 1 atom stereocenters. The summed E-state index contributed by atoms with van der Waals surface area (Å²) in [5.41, 5.74) is 1.82. The highest BCUT2D eigenvalue weighted by atomic mass is 16.4. The number of nitrogens with zero attached hydrogens (tertiary/aromatic N) is 1. The van der Waals surface area contributed by atoms with E-state index in [1.165, 1.54) is 0 Å². The van der Waals surface area contributed by atoms with Crippen molar-refractivity contribution in [1.82, 2.24) is 4.98 Å². The molecule has 0 spiro atoms. The topological polar surface area (TPSA) is 62.2 Å². The minimum absolute atomic E-state index is 0.0747. The first-order chi connectivity index (χ1) is 6.58. The number of nitrogens with one attached hydrogen (secondary N) is 1. The van der Waals surface area contributed by atoms with Crippen LogP contribution in [-0.2, 0) is 4.79 Å². The van der Waals surface area contributed by atoms with Gasteiger partial charge in [0.25, 0.3) is 0 Å². The fraction of sp³-hybridized carbons (Fsp3) is 0.400. The zero-order chi connectivity index (χ0) is 10.6. The number of aromatic nitrogens is 1. The maximum atomic E-state index is 10.4. The zero-order valence-electron chi connectivity index (χ0n) is 8.32. The summed E-state index contributed by atoms with van der Waals surface area (Å²) in [6.07, 6.45) is 1.81. The molecule has 0 saturated carbocycles. The van der Waals surface area contributed by atoms with Gasteiger partial charge in [0.1, 0.15) is 0 Å². The van der Waals surface area contributed by atoms with Gasteiger partial charge < -0.3 is 10.4 Å². The standard InChI is InChI=1S/C10H14N2O2/c1-7-5-9(3-4-11-7)12-8(2)6-10(13)14/h3-5,8H,6H2,1-2H3,(H,11,12)(H,13,14). The monoisotopic (exact) mass is 194 g/mol. The molecule has 2 N–H and O–H groups in total. The van der Waals surface area contributed by atoms with Gasteiger partial charge in [0.15, 0.2) is 0 Å². The van der Waals surface area contributed by atoms with Crippen LogP contribution in [0.3, 0.4) is 0 Å². The summed E-state index contributed by atoms with van der Waals surface area (Å²) in [5.74, 6) is -0.796. The summed E-state index contributed by atoms with van der Waals surface area (Å²) < 4.78 is 0. The van der Waals surface area contributed by atoms with Crippen molar-refractivity contribution in [2.75, 3.05) is 5.32 Å². The second-order valence-corrected chi connectivity index (χ2v) is 3.33. The first kappa shape index (κ1) is 10.5. The first-order valence-electron chi connectivity index (χ1n) is 4.49. The van der Waals surface area contributed by atoms with Crippen LogP contribution in [-0.4, -0.2) is 22.1 Å². The molecule has 4 heteroatoms. The molecule has 1 aromatic rings. The van der Waals surface area contributed by atoms with Crippen molar-refractivity contribution in [2.45, 2.75) is 26.3 Å². The number of pyridine rings is 1. The molecule has 1 heterocycles. The average molecular weight is 194 g/mol. The Morgan fingerprint density at radius 1 is 1.71 bits per heavy atom. The fourth-order valence-corrected chi connectivity index (χ4v) is 1.23. The zero-order valence-corrected chi connectivity index (χ0v) is 8.32. The predicted octanol–water partition coefficient (Wildman–Crippen LogP) is 1.67. The number of anilines is 1. The molecular formula is C10H14N2O2. The van der Waals surface area contributed by atoms with E-state index in [2.05, 4.69) is 10.3 Å². The van der Waals surface area contributed by atoms with Crippen LogP contribution in [0, 0.1) is 6.92 Å². The van der Waals surface area contributed by atoms with Crippen LogP contribution in [0.1, 0.15) is 19.0 Å². The predicted molar refractivity (Wildman–Crippen MR) is 54.3 cm³/mol. The summed E-state index contributed by atoms with van der Waals surface area (Å²) in [4.78, 5) is 14.5. The molecule has 4 nitrogen and oxygen atoms in total. The second-order valence-electron chi connectivity index (χ2n) is 3.33. The van der Waals surface area contributed by atoms with Crippen molar-refractivity contribution in [2.24, 2.45) is 0 Å². The van der Waals surface area contributed by atoms with E-state index >= 15 is 0 Å². The van der Waals surface area contributed by atoms with Crippen LogP contribution in [0.25, 0.3) is 0 Å². The Morgan fingerprint density at radius 3 is 3.00 bits per heavy atom. The molecule has 0 amide bonds. The van der Waals surface area contributed by atoms with Gasteiger partial charge in [0, 0.05) is 23.6 Å². The lowest BCUT2D eigenvalue weighted by Crippen LogP contribution is -2.19. The van der Waals surface area contributed by atoms with E-state index < -0.39 is 5.97 Å². The van der Waals surface area contributed by atoms with Crippen molar-refractivity contribution in [3.8, 4) is 0 Å². The number of carboxylic acid groups (broad SMARTS) is 1. The molecule has 0 aliphatic heterocycles. The Bertz CT molecular complexity index is 326. The molecule has 0 saturated heterocycles. The van der Waals surface area contributed by atoms with Crippen molar-refractivity contribution < 1.29 is 9.90 Å². The third kappa shape index (κ3) is 3.43. The van der Waals surface area contributed by atoms with Gasteiger partial charge in [-0.3, -0.25) is 9.78 Å². The van der Waals surface area contributed by atoms with Gasteiger partial charge in [-0.25, -0.2) is 0 Å². The molecule has 1 rings (SSSR count). The van der Waals surface area contributed by atoms with Gasteiger partial charge in [-0.05, 0) is 26.0 Å². The van der Waals surface area contributed by atoms with Gasteiger partial charge >= 0.3 is 5.97 Å². The van der Waals surface area contributed by atoms with E-state index in [1.54, 1.807) is 6.20 Å².